The number of aromatic nitrogens is 1. The topological polar surface area (TPSA) is 78.6 Å². The summed E-state index contributed by atoms with van der Waals surface area (Å²) in [5.41, 5.74) is 1.15. The maximum atomic E-state index is 11.9. The fraction of sp³-hybridized carbons (Fsp3) is 0.250. The first-order chi connectivity index (χ1) is 11.7. The Balaban J connectivity index is 2.25. The minimum Gasteiger partial charge on any atom is -0.461 e. The highest BCUT2D eigenvalue weighted by molar-refractivity contribution is 9.11. The van der Waals surface area contributed by atoms with Gasteiger partial charge in [0.05, 0.1) is 31.9 Å². The predicted octanol–water partition coefficient (Wildman–Crippen LogP) is 3.84. The van der Waals surface area contributed by atoms with Crippen molar-refractivity contribution in [2.45, 2.75) is 13.3 Å². The number of halogens is 1. The molecule has 0 aliphatic rings. The second-order valence-electron chi connectivity index (χ2n) is 4.53. The molecule has 2 rings (SSSR count). The first-order valence-corrected chi connectivity index (χ1v) is 8.83. The number of carbonyl (C=O) groups excluding carboxylic acids is 1. The van der Waals surface area contributed by atoms with Gasteiger partial charge in [-0.15, -0.1) is 0 Å². The van der Waals surface area contributed by atoms with Gasteiger partial charge < -0.3 is 4.74 Å². The maximum absolute atomic E-state index is 11.9. The highest BCUT2D eigenvalue weighted by Gasteiger charge is 2.20. The minimum absolute atomic E-state index is 0.216. The molecule has 0 aliphatic heterocycles. The monoisotopic (exact) mass is 406 g/mol. The molecule has 0 aliphatic carbocycles. The lowest BCUT2D eigenvalue weighted by atomic mass is 10.2. The van der Waals surface area contributed by atoms with Crippen molar-refractivity contribution in [2.75, 3.05) is 18.2 Å². The Bertz CT molecular complexity index is 755. The van der Waals surface area contributed by atoms with Gasteiger partial charge in [-0.05, 0) is 28.4 Å². The van der Waals surface area contributed by atoms with E-state index in [9.17, 15) is 4.79 Å². The van der Waals surface area contributed by atoms with Gasteiger partial charge in [0.15, 0.2) is 5.69 Å². The zero-order valence-electron chi connectivity index (χ0n) is 13.0. The number of nitrogens with zero attached hydrogens (tertiary/aromatic N) is 4. The number of benzene rings is 1. The number of carbonyl (C=O) groups is 1. The Morgan fingerprint density at radius 3 is 2.92 bits per heavy atom. The van der Waals surface area contributed by atoms with Gasteiger partial charge in [0.1, 0.15) is 3.79 Å². The van der Waals surface area contributed by atoms with Gasteiger partial charge in [0.2, 0.25) is 5.13 Å². The lowest BCUT2D eigenvalue weighted by molar-refractivity contribution is 0.0519. The molecule has 24 heavy (non-hydrogen) atoms. The Labute approximate surface area is 152 Å². The van der Waals surface area contributed by atoms with E-state index in [0.29, 0.717) is 15.5 Å². The van der Waals surface area contributed by atoms with E-state index in [1.165, 1.54) is 11.3 Å². The molecule has 0 atom stereocenters. The summed E-state index contributed by atoms with van der Waals surface area (Å²) in [5.74, 6) is -0.487. The lowest BCUT2D eigenvalue weighted by Crippen LogP contribution is -2.18. The van der Waals surface area contributed by atoms with Crippen LogP contribution in [0.25, 0.3) is 0 Å². The van der Waals surface area contributed by atoms with Crippen molar-refractivity contribution in [1.29, 1.82) is 5.26 Å². The van der Waals surface area contributed by atoms with E-state index in [0.717, 1.165) is 5.56 Å². The molecule has 2 aromatic rings. The van der Waals surface area contributed by atoms with Crippen molar-refractivity contribution >= 4 is 44.6 Å². The summed E-state index contributed by atoms with van der Waals surface area (Å²) in [4.78, 5) is 16.2. The summed E-state index contributed by atoms with van der Waals surface area (Å²) in [6.45, 7) is 2.40. The number of anilines is 1. The number of esters is 1. The molecular weight excluding hydrogens is 392 g/mol. The molecule has 0 spiro atoms. The van der Waals surface area contributed by atoms with Crippen molar-refractivity contribution in [3.8, 4) is 6.07 Å². The maximum Gasteiger partial charge on any atom is 0.359 e. The molecule has 6 nitrogen and oxygen atoms in total. The van der Waals surface area contributed by atoms with Crippen LogP contribution in [0, 0.1) is 11.3 Å². The smallest absolute Gasteiger partial charge is 0.359 e. The summed E-state index contributed by atoms with van der Waals surface area (Å²) in [7, 11) is 0. The van der Waals surface area contributed by atoms with Crippen LogP contribution in [-0.2, 0) is 4.74 Å². The highest BCUT2D eigenvalue weighted by Crippen LogP contribution is 2.31. The van der Waals surface area contributed by atoms with Crippen molar-refractivity contribution in [2.24, 2.45) is 5.10 Å². The van der Waals surface area contributed by atoms with Gasteiger partial charge in [-0.25, -0.2) is 14.8 Å². The Hall–Kier alpha value is -2.24. The zero-order chi connectivity index (χ0) is 17.4. The molecule has 1 heterocycles. The van der Waals surface area contributed by atoms with E-state index in [1.54, 1.807) is 18.1 Å². The van der Waals surface area contributed by atoms with Crippen LogP contribution < -0.4 is 5.01 Å². The van der Waals surface area contributed by atoms with E-state index in [-0.39, 0.29) is 18.7 Å². The van der Waals surface area contributed by atoms with Gasteiger partial charge in [0, 0.05) is 0 Å². The summed E-state index contributed by atoms with van der Waals surface area (Å²) in [6, 6.07) is 11.7. The SMILES string of the molecule is CCOC(=O)c1nc(N(CCC#N)/N=C/c2ccccc2)sc1Br. The number of hydrogen-bond donors (Lipinski definition) is 0. The largest absolute Gasteiger partial charge is 0.461 e. The van der Waals surface area contributed by atoms with Crippen molar-refractivity contribution in [3.05, 3.63) is 45.4 Å². The molecule has 0 unspecified atom stereocenters. The Kier molecular flexibility index (Phi) is 6.90. The van der Waals surface area contributed by atoms with Crippen molar-refractivity contribution in [1.82, 2.24) is 4.98 Å². The summed E-state index contributed by atoms with van der Waals surface area (Å²) < 4.78 is 5.55. The van der Waals surface area contributed by atoms with Crippen LogP contribution in [0.1, 0.15) is 29.4 Å². The lowest BCUT2D eigenvalue weighted by Gasteiger charge is -2.13. The van der Waals surface area contributed by atoms with E-state index in [1.807, 2.05) is 30.3 Å². The van der Waals surface area contributed by atoms with Crippen LogP contribution in [0.15, 0.2) is 39.2 Å². The molecule has 1 aromatic heterocycles. The molecule has 124 valence electrons. The first-order valence-electron chi connectivity index (χ1n) is 7.22. The third-order valence-corrected chi connectivity index (χ3v) is 4.56. The van der Waals surface area contributed by atoms with Crippen LogP contribution in [0.2, 0.25) is 0 Å². The fourth-order valence-electron chi connectivity index (χ4n) is 1.76. The molecule has 0 saturated carbocycles. The molecule has 8 heteroatoms. The Morgan fingerprint density at radius 2 is 2.25 bits per heavy atom. The van der Waals surface area contributed by atoms with Crippen LogP contribution in [-0.4, -0.2) is 30.3 Å². The summed E-state index contributed by atoms with van der Waals surface area (Å²) in [6.07, 6.45) is 1.98. The standard InChI is InChI=1S/C16H15BrN4O2S/c1-2-23-15(22)13-14(17)24-16(20-13)21(10-6-9-18)19-11-12-7-4-3-5-8-12/h3-5,7-8,11H,2,6,10H2,1H3/b19-11+. The molecule has 1 aromatic carbocycles. The van der Waals surface area contributed by atoms with Gasteiger partial charge in [-0.1, -0.05) is 41.7 Å². The van der Waals surface area contributed by atoms with Crippen LogP contribution in [0.4, 0.5) is 5.13 Å². The van der Waals surface area contributed by atoms with E-state index in [2.05, 4.69) is 32.1 Å². The van der Waals surface area contributed by atoms with Gasteiger partial charge >= 0.3 is 5.97 Å². The number of hydrazone groups is 1. The minimum atomic E-state index is -0.487. The van der Waals surface area contributed by atoms with Crippen LogP contribution in [0.3, 0.4) is 0 Å². The summed E-state index contributed by atoms with van der Waals surface area (Å²) in [5, 5.41) is 15.4. The van der Waals surface area contributed by atoms with E-state index < -0.39 is 5.97 Å². The van der Waals surface area contributed by atoms with Gasteiger partial charge in [-0.2, -0.15) is 10.4 Å². The van der Waals surface area contributed by atoms with E-state index >= 15 is 0 Å². The number of rotatable bonds is 7. The molecule has 0 fully saturated rings. The number of nitriles is 1. The molecule has 0 bridgehead atoms. The average molecular weight is 407 g/mol. The number of ether oxygens (including phenoxy) is 1. The van der Waals surface area contributed by atoms with Gasteiger partial charge in [-0.3, -0.25) is 0 Å². The predicted molar refractivity (Wildman–Crippen MR) is 97.4 cm³/mol. The summed E-state index contributed by atoms with van der Waals surface area (Å²) >= 11 is 4.60. The number of hydrogen-bond acceptors (Lipinski definition) is 7. The highest BCUT2D eigenvalue weighted by atomic mass is 79.9. The Morgan fingerprint density at radius 1 is 1.50 bits per heavy atom. The molecule has 0 N–H and O–H groups in total. The third kappa shape index (κ3) is 4.88. The molecule has 0 amide bonds. The molecular formula is C16H15BrN4O2S. The second kappa shape index (κ2) is 9.15. The van der Waals surface area contributed by atoms with Crippen LogP contribution >= 0.6 is 27.3 Å². The second-order valence-corrected chi connectivity index (χ2v) is 6.82. The molecule has 0 radical (unpaired) electrons. The normalized spacial score (nSPS) is 10.5. The third-order valence-electron chi connectivity index (χ3n) is 2.85. The van der Waals surface area contributed by atoms with Crippen molar-refractivity contribution < 1.29 is 9.53 Å². The first kappa shape index (κ1) is 18.1. The van der Waals surface area contributed by atoms with Crippen LogP contribution in [0.5, 0.6) is 0 Å². The molecule has 0 saturated heterocycles. The zero-order valence-corrected chi connectivity index (χ0v) is 15.4. The van der Waals surface area contributed by atoms with Gasteiger partial charge in [0.25, 0.3) is 0 Å². The van der Waals surface area contributed by atoms with E-state index in [4.69, 9.17) is 10.00 Å². The number of thiazole rings is 1. The fourth-order valence-corrected chi connectivity index (χ4v) is 3.21. The average Bonchev–Trinajstić information content (AvgIpc) is 2.98. The van der Waals surface area contributed by atoms with Crippen molar-refractivity contribution in [3.63, 3.8) is 0 Å². The quantitative estimate of drug-likeness (QED) is 0.396.